The predicted octanol–water partition coefficient (Wildman–Crippen LogP) is -0.521. The number of amides is 1. The number of nitrogens with zero attached hydrogens (tertiary/aromatic N) is 2. The molecule has 5 N–H and O–H groups in total. The normalized spacial score (nSPS) is 9.79. The topological polar surface area (TPSA) is 107 Å². The van der Waals surface area contributed by atoms with Gasteiger partial charge in [-0.1, -0.05) is 11.8 Å². The van der Waals surface area contributed by atoms with Crippen LogP contribution < -0.4 is 16.8 Å². The molecule has 0 atom stereocenters. The molecule has 0 saturated heterocycles. The number of rotatable bonds is 3. The third-order valence-electron chi connectivity index (χ3n) is 1.37. The number of hydrogen-bond donors (Lipinski definition) is 3. The number of thioether (sulfide) groups is 1. The largest absolute Gasteiger partial charge is 0.383 e. The van der Waals surface area contributed by atoms with Crippen LogP contribution in [-0.4, -0.2) is 28.7 Å². The summed E-state index contributed by atoms with van der Waals surface area (Å²) in [4.78, 5) is 18.5. The molecule has 1 aromatic heterocycles. The average molecular weight is 213 g/mol. The van der Waals surface area contributed by atoms with Gasteiger partial charge in [-0.3, -0.25) is 4.79 Å². The van der Waals surface area contributed by atoms with E-state index in [2.05, 4.69) is 15.3 Å². The predicted molar refractivity (Wildman–Crippen MR) is 55.6 cm³/mol. The lowest BCUT2D eigenvalue weighted by Crippen LogP contribution is -2.19. The van der Waals surface area contributed by atoms with E-state index >= 15 is 0 Å². The maximum absolute atomic E-state index is 10.9. The Morgan fingerprint density at radius 1 is 1.57 bits per heavy atom. The lowest BCUT2D eigenvalue weighted by Gasteiger charge is -2.01. The molecule has 0 radical (unpaired) electrons. The van der Waals surface area contributed by atoms with E-state index in [4.69, 9.17) is 11.5 Å². The first-order chi connectivity index (χ1) is 6.61. The molecule has 14 heavy (non-hydrogen) atoms. The van der Waals surface area contributed by atoms with E-state index in [0.29, 0.717) is 10.8 Å². The van der Waals surface area contributed by atoms with Crippen LogP contribution in [0.15, 0.2) is 11.1 Å². The average Bonchev–Trinajstić information content (AvgIpc) is 2.12. The number of hydrogen-bond acceptors (Lipinski definition) is 6. The smallest absolute Gasteiger partial charge is 0.230 e. The highest BCUT2D eigenvalue weighted by atomic mass is 32.2. The van der Waals surface area contributed by atoms with Gasteiger partial charge in [-0.2, -0.15) is 4.98 Å². The quantitative estimate of drug-likeness (QED) is 0.460. The molecule has 1 heterocycles. The summed E-state index contributed by atoms with van der Waals surface area (Å²) >= 11 is 1.26. The van der Waals surface area contributed by atoms with Crippen LogP contribution in [0.25, 0.3) is 0 Å². The van der Waals surface area contributed by atoms with Crippen molar-refractivity contribution in [3.63, 3.8) is 0 Å². The van der Waals surface area contributed by atoms with E-state index in [1.165, 1.54) is 11.8 Å². The van der Waals surface area contributed by atoms with Gasteiger partial charge in [-0.15, -0.1) is 0 Å². The first kappa shape index (κ1) is 10.6. The van der Waals surface area contributed by atoms with Gasteiger partial charge in [0.05, 0.1) is 5.75 Å². The fourth-order valence-electron chi connectivity index (χ4n) is 0.747. The van der Waals surface area contributed by atoms with Crippen LogP contribution in [0.5, 0.6) is 0 Å². The van der Waals surface area contributed by atoms with E-state index < -0.39 is 0 Å². The Hall–Kier alpha value is -1.50. The van der Waals surface area contributed by atoms with E-state index in [-0.39, 0.29) is 17.6 Å². The van der Waals surface area contributed by atoms with Crippen LogP contribution in [0.4, 0.5) is 11.8 Å². The van der Waals surface area contributed by atoms with Crippen LogP contribution in [0.3, 0.4) is 0 Å². The van der Waals surface area contributed by atoms with Crippen LogP contribution in [0, 0.1) is 0 Å². The van der Waals surface area contributed by atoms with E-state index in [1.807, 2.05) is 0 Å². The molecule has 0 aliphatic heterocycles. The number of nitrogen functional groups attached to an aromatic ring is 2. The Kier molecular flexibility index (Phi) is 3.52. The van der Waals surface area contributed by atoms with Gasteiger partial charge in [0.25, 0.3) is 0 Å². The van der Waals surface area contributed by atoms with Crippen molar-refractivity contribution in [2.24, 2.45) is 0 Å². The van der Waals surface area contributed by atoms with Gasteiger partial charge in [-0.05, 0) is 0 Å². The summed E-state index contributed by atoms with van der Waals surface area (Å²) in [5.41, 5.74) is 10.8. The minimum Gasteiger partial charge on any atom is -0.383 e. The zero-order valence-electron chi connectivity index (χ0n) is 7.65. The second kappa shape index (κ2) is 4.66. The summed E-state index contributed by atoms with van der Waals surface area (Å²) in [7, 11) is 1.57. The molecule has 76 valence electrons. The van der Waals surface area contributed by atoms with Crippen molar-refractivity contribution in [3.8, 4) is 0 Å². The van der Waals surface area contributed by atoms with E-state index in [0.717, 1.165) is 0 Å². The highest BCUT2D eigenvalue weighted by Crippen LogP contribution is 2.17. The maximum atomic E-state index is 10.9. The molecule has 0 fully saturated rings. The van der Waals surface area contributed by atoms with Gasteiger partial charge in [0.2, 0.25) is 11.9 Å². The maximum Gasteiger partial charge on any atom is 0.230 e. The third-order valence-corrected chi connectivity index (χ3v) is 2.28. The second-order valence-corrected chi connectivity index (χ2v) is 3.45. The number of carbonyl (C=O) groups is 1. The lowest BCUT2D eigenvalue weighted by molar-refractivity contribution is -0.118. The second-order valence-electron chi connectivity index (χ2n) is 2.45. The summed E-state index contributed by atoms with van der Waals surface area (Å²) in [5.74, 6) is 0.624. The van der Waals surface area contributed by atoms with Crippen LogP contribution >= 0.6 is 11.8 Å². The van der Waals surface area contributed by atoms with Crippen molar-refractivity contribution in [1.82, 2.24) is 15.3 Å². The Labute approximate surface area is 85.5 Å². The minimum atomic E-state index is -0.0780. The Morgan fingerprint density at radius 3 is 2.86 bits per heavy atom. The number of nitrogens with one attached hydrogen (secondary N) is 1. The minimum absolute atomic E-state index is 0.0780. The molecule has 0 aliphatic carbocycles. The standard InChI is InChI=1S/C7H11N5OS/c1-10-5(13)3-14-6-2-4(8)11-7(9)12-6/h2H,3H2,1H3,(H,10,13)(H4,8,9,11,12). The summed E-state index contributed by atoms with van der Waals surface area (Å²) in [6.45, 7) is 0. The summed E-state index contributed by atoms with van der Waals surface area (Å²) in [6.07, 6.45) is 0. The molecule has 0 saturated carbocycles. The van der Waals surface area contributed by atoms with Crippen LogP contribution in [0.2, 0.25) is 0 Å². The number of anilines is 2. The summed E-state index contributed by atoms with van der Waals surface area (Å²) < 4.78 is 0. The first-order valence-corrected chi connectivity index (χ1v) is 4.84. The molecule has 1 aromatic rings. The summed E-state index contributed by atoms with van der Waals surface area (Å²) in [5, 5.41) is 3.09. The van der Waals surface area contributed by atoms with Gasteiger partial charge in [0.15, 0.2) is 0 Å². The Morgan fingerprint density at radius 2 is 2.29 bits per heavy atom. The van der Waals surface area contributed by atoms with Gasteiger partial charge < -0.3 is 16.8 Å². The van der Waals surface area contributed by atoms with Crippen LogP contribution in [0.1, 0.15) is 0 Å². The van der Waals surface area contributed by atoms with Crippen molar-refractivity contribution in [2.45, 2.75) is 5.03 Å². The monoisotopic (exact) mass is 213 g/mol. The van der Waals surface area contributed by atoms with Crippen molar-refractivity contribution in [2.75, 3.05) is 24.3 Å². The molecular formula is C7H11N5OS. The van der Waals surface area contributed by atoms with Crippen LogP contribution in [-0.2, 0) is 4.79 Å². The highest BCUT2D eigenvalue weighted by Gasteiger charge is 2.03. The van der Waals surface area contributed by atoms with Crippen molar-refractivity contribution in [3.05, 3.63) is 6.07 Å². The fraction of sp³-hybridized carbons (Fsp3) is 0.286. The lowest BCUT2D eigenvalue weighted by atomic mass is 10.6. The highest BCUT2D eigenvalue weighted by molar-refractivity contribution is 7.99. The number of carbonyl (C=O) groups excluding carboxylic acids is 1. The SMILES string of the molecule is CNC(=O)CSc1cc(N)nc(N)n1. The van der Waals surface area contributed by atoms with Crippen molar-refractivity contribution >= 4 is 29.4 Å². The first-order valence-electron chi connectivity index (χ1n) is 3.85. The van der Waals surface area contributed by atoms with Gasteiger partial charge in [0, 0.05) is 13.1 Å². The van der Waals surface area contributed by atoms with E-state index in [1.54, 1.807) is 13.1 Å². The zero-order valence-corrected chi connectivity index (χ0v) is 8.47. The Balaban J connectivity index is 2.63. The van der Waals surface area contributed by atoms with Crippen molar-refractivity contribution in [1.29, 1.82) is 0 Å². The fourth-order valence-corrected chi connectivity index (χ4v) is 1.53. The molecule has 7 heteroatoms. The Bertz CT molecular complexity index is 323. The molecular weight excluding hydrogens is 202 g/mol. The zero-order chi connectivity index (χ0) is 10.6. The number of nitrogens with two attached hydrogens (primary N) is 2. The number of aromatic nitrogens is 2. The summed E-state index contributed by atoms with van der Waals surface area (Å²) in [6, 6.07) is 1.57. The van der Waals surface area contributed by atoms with E-state index in [9.17, 15) is 4.79 Å². The molecule has 1 rings (SSSR count). The molecule has 0 spiro atoms. The van der Waals surface area contributed by atoms with Crippen molar-refractivity contribution < 1.29 is 4.79 Å². The van der Waals surface area contributed by atoms with Gasteiger partial charge >= 0.3 is 0 Å². The molecule has 6 nitrogen and oxygen atoms in total. The molecule has 0 aliphatic rings. The van der Waals surface area contributed by atoms with Gasteiger partial charge in [0.1, 0.15) is 10.8 Å². The molecule has 1 amide bonds. The van der Waals surface area contributed by atoms with Gasteiger partial charge in [-0.25, -0.2) is 4.98 Å². The molecule has 0 aromatic carbocycles. The molecule has 0 unspecified atom stereocenters. The molecule has 0 bridgehead atoms. The third kappa shape index (κ3) is 3.09.